The molecule has 172 valence electrons. The van der Waals surface area contributed by atoms with Crippen molar-refractivity contribution in [3.63, 3.8) is 0 Å². The van der Waals surface area contributed by atoms with Crippen LogP contribution in [0.15, 0.2) is 54.6 Å². The quantitative estimate of drug-likeness (QED) is 0.327. The minimum absolute atomic E-state index is 0.176. The van der Waals surface area contributed by atoms with Crippen molar-refractivity contribution in [2.75, 3.05) is 11.5 Å². The van der Waals surface area contributed by atoms with Crippen molar-refractivity contribution in [1.29, 1.82) is 0 Å². The largest absolute Gasteiger partial charge is 0.466 e. The lowest BCUT2D eigenvalue weighted by atomic mass is 10.1. The van der Waals surface area contributed by atoms with Crippen molar-refractivity contribution >= 4 is 49.3 Å². The van der Waals surface area contributed by atoms with Crippen molar-refractivity contribution in [2.24, 2.45) is 7.05 Å². The Morgan fingerprint density at radius 3 is 2.59 bits per heavy atom. The van der Waals surface area contributed by atoms with Crippen LogP contribution < -0.4 is 9.64 Å². The monoisotopic (exact) mass is 471 g/mol. The first-order chi connectivity index (χ1) is 16.4. The van der Waals surface area contributed by atoms with E-state index in [1.54, 1.807) is 9.58 Å². The molecule has 5 rings (SSSR count). The molecule has 8 heteroatoms. The fraction of sp³-hybridized carbons (Fsp3) is 0.231. The van der Waals surface area contributed by atoms with Gasteiger partial charge in [-0.05, 0) is 61.7 Å². The van der Waals surface area contributed by atoms with Crippen LogP contribution in [-0.4, -0.2) is 32.3 Å². The van der Waals surface area contributed by atoms with Crippen LogP contribution in [0.1, 0.15) is 23.7 Å². The summed E-state index contributed by atoms with van der Waals surface area (Å²) in [7, 11) is 1.83. The summed E-state index contributed by atoms with van der Waals surface area (Å²) in [5.41, 5.74) is 5.47. The number of benzene rings is 2. The van der Waals surface area contributed by atoms with Gasteiger partial charge < -0.3 is 4.74 Å². The van der Waals surface area contributed by atoms with Gasteiger partial charge in [0.15, 0.2) is 17.4 Å². The van der Waals surface area contributed by atoms with Gasteiger partial charge in [-0.15, -0.1) is 5.10 Å². The topological polar surface area (TPSA) is 73.1 Å². The van der Waals surface area contributed by atoms with Crippen molar-refractivity contribution in [3.05, 3.63) is 71.4 Å². The molecule has 7 nitrogen and oxygen atoms in total. The van der Waals surface area contributed by atoms with Crippen LogP contribution >= 0.6 is 11.3 Å². The minimum Gasteiger partial charge on any atom is -0.466 e. The predicted octanol–water partition coefficient (Wildman–Crippen LogP) is 5.50. The zero-order chi connectivity index (χ0) is 23.8. The van der Waals surface area contributed by atoms with E-state index in [0.29, 0.717) is 11.0 Å². The lowest BCUT2D eigenvalue weighted by Gasteiger charge is -2.20. The average Bonchev–Trinajstić information content (AvgIpc) is 3.39. The number of rotatable bonds is 6. The molecule has 3 aromatic heterocycles. The van der Waals surface area contributed by atoms with Gasteiger partial charge in [-0.2, -0.15) is 0 Å². The highest BCUT2D eigenvalue weighted by Gasteiger charge is 2.24. The molecule has 1 amide bonds. The molecule has 0 unspecified atom stereocenters. The third-order valence-electron chi connectivity index (χ3n) is 5.75. The molecule has 2 aromatic carbocycles. The molecule has 0 spiro atoms. The van der Waals surface area contributed by atoms with E-state index < -0.39 is 0 Å². The van der Waals surface area contributed by atoms with Crippen molar-refractivity contribution < 1.29 is 9.53 Å². The van der Waals surface area contributed by atoms with Crippen molar-refractivity contribution in [2.45, 2.75) is 27.2 Å². The summed E-state index contributed by atoms with van der Waals surface area (Å²) in [6.07, 6.45) is 0.929. The Labute approximate surface area is 201 Å². The molecule has 3 heterocycles. The van der Waals surface area contributed by atoms with Crippen LogP contribution in [0, 0.1) is 13.8 Å². The first-order valence-electron chi connectivity index (χ1n) is 11.2. The lowest BCUT2D eigenvalue weighted by Crippen LogP contribution is -2.31. The molecule has 34 heavy (non-hydrogen) atoms. The Hall–Kier alpha value is -3.78. The molecular formula is C26H25N5O2S. The van der Waals surface area contributed by atoms with E-state index in [4.69, 9.17) is 9.72 Å². The summed E-state index contributed by atoms with van der Waals surface area (Å²) in [4.78, 5) is 24.5. The zero-order valence-corrected chi connectivity index (χ0v) is 20.4. The van der Waals surface area contributed by atoms with E-state index in [0.717, 1.165) is 44.6 Å². The smallest absolute Gasteiger partial charge is 0.271 e. The fourth-order valence-corrected chi connectivity index (χ4v) is 5.05. The summed E-state index contributed by atoms with van der Waals surface area (Å²) in [5, 5.41) is 5.90. The van der Waals surface area contributed by atoms with Gasteiger partial charge in [-0.1, -0.05) is 42.5 Å². The van der Waals surface area contributed by atoms with E-state index >= 15 is 0 Å². The number of anilines is 2. The van der Waals surface area contributed by atoms with Gasteiger partial charge in [0.1, 0.15) is 0 Å². The highest BCUT2D eigenvalue weighted by molar-refractivity contribution is 7.22. The summed E-state index contributed by atoms with van der Waals surface area (Å²) in [6, 6.07) is 17.8. The van der Waals surface area contributed by atoms with Crippen LogP contribution in [0.5, 0.6) is 5.88 Å². The predicted molar refractivity (Wildman–Crippen MR) is 136 cm³/mol. The number of fused-ring (bicyclic) bond motifs is 2. The summed E-state index contributed by atoms with van der Waals surface area (Å²) >= 11 is 1.48. The summed E-state index contributed by atoms with van der Waals surface area (Å²) < 4.78 is 8.69. The van der Waals surface area contributed by atoms with Crippen LogP contribution in [0.25, 0.3) is 21.3 Å². The highest BCUT2D eigenvalue weighted by atomic mass is 32.1. The highest BCUT2D eigenvalue weighted by Crippen LogP contribution is 2.34. The molecule has 0 fully saturated rings. The molecule has 0 atom stereocenters. The first-order valence-corrected chi connectivity index (χ1v) is 12.0. The number of hydrogen-bond donors (Lipinski definition) is 0. The van der Waals surface area contributed by atoms with Crippen LogP contribution in [-0.2, 0) is 18.3 Å². The summed E-state index contributed by atoms with van der Waals surface area (Å²) in [5.74, 6) is 0.182. The second-order valence-electron chi connectivity index (χ2n) is 8.21. The lowest BCUT2D eigenvalue weighted by molar-refractivity contribution is -0.119. The Bertz CT molecular complexity index is 1470. The van der Waals surface area contributed by atoms with E-state index in [1.807, 2.05) is 75.5 Å². The Morgan fingerprint density at radius 1 is 1.09 bits per heavy atom. The van der Waals surface area contributed by atoms with Gasteiger partial charge in [0.05, 0.1) is 21.3 Å². The Morgan fingerprint density at radius 2 is 1.85 bits per heavy atom. The number of thiazole rings is 1. The first kappa shape index (κ1) is 22.0. The third kappa shape index (κ3) is 4.01. The molecule has 0 saturated carbocycles. The number of nitrogens with zero attached hydrogens (tertiary/aromatic N) is 5. The standard InChI is InChI=1S/C26H25N5O2S/c1-5-18-10-12-19(13-11-18)31(26-28-20-8-6-7-9-21(20)34-26)22(32)15-33-25-23-16(2)14-17(3)27-24(23)30(4)29-25/h6-14H,5,15H2,1-4H3. The number of aromatic nitrogens is 4. The van der Waals surface area contributed by atoms with E-state index in [1.165, 1.54) is 16.9 Å². The van der Waals surface area contributed by atoms with Crippen LogP contribution in [0.4, 0.5) is 10.8 Å². The number of pyridine rings is 1. The second kappa shape index (κ2) is 8.87. The minimum atomic E-state index is -0.222. The second-order valence-corrected chi connectivity index (χ2v) is 9.22. The van der Waals surface area contributed by atoms with E-state index in [-0.39, 0.29) is 12.5 Å². The zero-order valence-electron chi connectivity index (χ0n) is 19.6. The SMILES string of the molecule is CCc1ccc(N(C(=O)COc2nn(C)c3nc(C)cc(C)c23)c2nc3ccccc3s2)cc1. The van der Waals surface area contributed by atoms with Gasteiger partial charge >= 0.3 is 0 Å². The number of carbonyl (C=O) groups is 1. The van der Waals surface area contributed by atoms with E-state index in [2.05, 4.69) is 17.0 Å². The maximum atomic E-state index is 13.5. The molecule has 0 aliphatic heterocycles. The molecule has 5 aromatic rings. The number of ether oxygens (including phenoxy) is 1. The van der Waals surface area contributed by atoms with Crippen molar-refractivity contribution in [1.82, 2.24) is 19.7 Å². The fourth-order valence-electron chi connectivity index (χ4n) is 4.04. The third-order valence-corrected chi connectivity index (χ3v) is 6.77. The van der Waals surface area contributed by atoms with Gasteiger partial charge in [0.2, 0.25) is 5.88 Å². The van der Waals surface area contributed by atoms with Crippen LogP contribution in [0.3, 0.4) is 0 Å². The number of amides is 1. The molecule has 0 radical (unpaired) electrons. The summed E-state index contributed by atoms with van der Waals surface area (Å²) in [6.45, 7) is 5.87. The number of carbonyl (C=O) groups excluding carboxylic acids is 1. The van der Waals surface area contributed by atoms with Gasteiger partial charge in [0, 0.05) is 12.7 Å². The van der Waals surface area contributed by atoms with Crippen LogP contribution in [0.2, 0.25) is 0 Å². The average molecular weight is 472 g/mol. The molecule has 0 saturated heterocycles. The maximum absolute atomic E-state index is 13.5. The van der Waals surface area contributed by atoms with Gasteiger partial charge in [-0.3, -0.25) is 9.69 Å². The molecular weight excluding hydrogens is 446 g/mol. The van der Waals surface area contributed by atoms with Gasteiger partial charge in [0.25, 0.3) is 5.91 Å². The molecule has 0 aliphatic rings. The van der Waals surface area contributed by atoms with Gasteiger partial charge in [-0.25, -0.2) is 14.6 Å². The molecule has 0 N–H and O–H groups in total. The van der Waals surface area contributed by atoms with Crippen molar-refractivity contribution in [3.8, 4) is 5.88 Å². The molecule has 0 bridgehead atoms. The van der Waals surface area contributed by atoms with E-state index in [9.17, 15) is 4.79 Å². The number of para-hydroxylation sites is 1. The number of hydrogen-bond acceptors (Lipinski definition) is 6. The number of aryl methyl sites for hydroxylation is 4. The normalized spacial score (nSPS) is 11.3. The molecule has 0 aliphatic carbocycles. The maximum Gasteiger partial charge on any atom is 0.271 e. The Balaban J connectivity index is 1.49. The Kier molecular flexibility index (Phi) is 5.75.